The van der Waals surface area contributed by atoms with E-state index in [0.717, 1.165) is 0 Å². The second-order valence-corrected chi connectivity index (χ2v) is 5.14. The normalized spacial score (nSPS) is 9.92. The molecule has 0 spiro atoms. The minimum atomic E-state index is -0.720. The van der Waals surface area contributed by atoms with Gasteiger partial charge >= 0.3 is 11.9 Å². The van der Waals surface area contributed by atoms with Crippen LogP contribution in [0.25, 0.3) is 0 Å². The van der Waals surface area contributed by atoms with E-state index >= 15 is 0 Å². The first-order valence-corrected chi connectivity index (χ1v) is 7.28. The number of methoxy groups -OCH3 is 1. The number of halogens is 1. The highest BCUT2D eigenvalue weighted by Crippen LogP contribution is 2.14. The molecule has 2 aromatic carbocycles. The SMILES string of the molecule is COC(=O)c1cccc(C(=O)OCC(=O)Nc2cccc(Cl)c2)c1. The van der Waals surface area contributed by atoms with Crippen molar-refractivity contribution in [3.8, 4) is 0 Å². The Kier molecular flexibility index (Phi) is 5.92. The number of ether oxygens (including phenoxy) is 2. The standard InChI is InChI=1S/C17H14ClNO5/c1-23-16(21)11-4-2-5-12(8-11)17(22)24-10-15(20)19-14-7-3-6-13(18)9-14/h2-9H,10H2,1H3,(H,19,20). The number of carbonyl (C=O) groups excluding carboxylic acids is 3. The predicted molar refractivity (Wildman–Crippen MR) is 88.1 cm³/mol. The fourth-order valence-corrected chi connectivity index (χ4v) is 2.06. The average Bonchev–Trinajstić information content (AvgIpc) is 2.59. The van der Waals surface area contributed by atoms with Crippen LogP contribution in [0.15, 0.2) is 48.5 Å². The smallest absolute Gasteiger partial charge is 0.338 e. The van der Waals surface area contributed by atoms with E-state index in [0.29, 0.717) is 10.7 Å². The summed E-state index contributed by atoms with van der Waals surface area (Å²) >= 11 is 5.81. The number of hydrogen-bond donors (Lipinski definition) is 1. The minimum Gasteiger partial charge on any atom is -0.465 e. The molecule has 0 saturated carbocycles. The molecule has 0 bridgehead atoms. The van der Waals surface area contributed by atoms with Gasteiger partial charge in [-0.15, -0.1) is 0 Å². The molecule has 0 radical (unpaired) electrons. The van der Waals surface area contributed by atoms with Gasteiger partial charge in [-0.05, 0) is 36.4 Å². The van der Waals surface area contributed by atoms with Crippen molar-refractivity contribution in [1.82, 2.24) is 0 Å². The van der Waals surface area contributed by atoms with Crippen molar-refractivity contribution in [3.63, 3.8) is 0 Å². The molecule has 0 fully saturated rings. The monoisotopic (exact) mass is 347 g/mol. The maximum atomic E-state index is 11.9. The average molecular weight is 348 g/mol. The van der Waals surface area contributed by atoms with Crippen LogP contribution in [0.1, 0.15) is 20.7 Å². The van der Waals surface area contributed by atoms with E-state index in [1.165, 1.54) is 31.4 Å². The Labute approximate surface area is 143 Å². The number of rotatable bonds is 5. The van der Waals surface area contributed by atoms with Crippen LogP contribution in [0.5, 0.6) is 0 Å². The number of benzene rings is 2. The third kappa shape index (κ3) is 4.82. The van der Waals surface area contributed by atoms with Crippen LogP contribution in [0, 0.1) is 0 Å². The molecule has 2 aromatic rings. The molecule has 0 aliphatic rings. The third-order valence-electron chi connectivity index (χ3n) is 2.96. The summed E-state index contributed by atoms with van der Waals surface area (Å²) in [6, 6.07) is 12.4. The van der Waals surface area contributed by atoms with Crippen LogP contribution in [0.2, 0.25) is 5.02 Å². The van der Waals surface area contributed by atoms with E-state index in [4.69, 9.17) is 16.3 Å². The molecule has 1 amide bonds. The summed E-state index contributed by atoms with van der Waals surface area (Å²) in [5.74, 6) is -1.79. The van der Waals surface area contributed by atoms with Gasteiger partial charge in [-0.1, -0.05) is 23.7 Å². The van der Waals surface area contributed by atoms with E-state index in [2.05, 4.69) is 10.1 Å². The van der Waals surface area contributed by atoms with Crippen molar-refractivity contribution < 1.29 is 23.9 Å². The largest absolute Gasteiger partial charge is 0.465 e. The van der Waals surface area contributed by atoms with Crippen molar-refractivity contribution in [2.75, 3.05) is 19.0 Å². The van der Waals surface area contributed by atoms with E-state index in [1.807, 2.05) is 0 Å². The summed E-state index contributed by atoms with van der Waals surface area (Å²) < 4.78 is 9.50. The van der Waals surface area contributed by atoms with Crippen LogP contribution in [0.4, 0.5) is 5.69 Å². The van der Waals surface area contributed by atoms with Crippen molar-refractivity contribution >= 4 is 35.1 Å². The van der Waals surface area contributed by atoms with Crippen molar-refractivity contribution in [2.24, 2.45) is 0 Å². The molecule has 0 saturated heterocycles. The maximum Gasteiger partial charge on any atom is 0.338 e. The third-order valence-corrected chi connectivity index (χ3v) is 3.20. The van der Waals surface area contributed by atoms with Crippen molar-refractivity contribution in [1.29, 1.82) is 0 Å². The Balaban J connectivity index is 1.93. The van der Waals surface area contributed by atoms with Gasteiger partial charge in [0.2, 0.25) is 0 Å². The molecule has 0 unspecified atom stereocenters. The van der Waals surface area contributed by atoms with Crippen molar-refractivity contribution in [2.45, 2.75) is 0 Å². The van der Waals surface area contributed by atoms with Gasteiger partial charge in [0, 0.05) is 10.7 Å². The minimum absolute atomic E-state index is 0.147. The van der Waals surface area contributed by atoms with E-state index in [-0.39, 0.29) is 11.1 Å². The molecule has 2 rings (SSSR count). The van der Waals surface area contributed by atoms with Gasteiger partial charge < -0.3 is 14.8 Å². The lowest BCUT2D eigenvalue weighted by atomic mass is 10.1. The Morgan fingerprint density at radius 3 is 2.33 bits per heavy atom. The number of amides is 1. The summed E-state index contributed by atoms with van der Waals surface area (Å²) in [5, 5.41) is 3.03. The molecule has 1 N–H and O–H groups in total. The van der Waals surface area contributed by atoms with Crippen LogP contribution >= 0.6 is 11.6 Å². The highest BCUT2D eigenvalue weighted by Gasteiger charge is 2.13. The Bertz CT molecular complexity index is 775. The number of nitrogens with one attached hydrogen (secondary N) is 1. The molecule has 6 nitrogen and oxygen atoms in total. The Morgan fingerprint density at radius 2 is 1.67 bits per heavy atom. The summed E-state index contributed by atoms with van der Waals surface area (Å²) in [6.07, 6.45) is 0. The fraction of sp³-hybridized carbons (Fsp3) is 0.118. The summed E-state index contributed by atoms with van der Waals surface area (Å²) in [7, 11) is 1.24. The number of carbonyl (C=O) groups is 3. The number of hydrogen-bond acceptors (Lipinski definition) is 5. The van der Waals surface area contributed by atoms with E-state index in [1.54, 1.807) is 24.3 Å². The van der Waals surface area contributed by atoms with Gasteiger partial charge in [-0.25, -0.2) is 9.59 Å². The zero-order chi connectivity index (χ0) is 17.5. The predicted octanol–water partition coefficient (Wildman–Crippen LogP) is 2.92. The van der Waals surface area contributed by atoms with Gasteiger partial charge in [0.25, 0.3) is 5.91 Å². The summed E-state index contributed by atoms with van der Waals surface area (Å²) in [5.41, 5.74) is 0.861. The number of esters is 2. The summed E-state index contributed by atoms with van der Waals surface area (Å²) in [6.45, 7) is -0.464. The van der Waals surface area contributed by atoms with Crippen LogP contribution in [-0.2, 0) is 14.3 Å². The lowest BCUT2D eigenvalue weighted by molar-refractivity contribution is -0.119. The van der Waals surface area contributed by atoms with Gasteiger partial charge in [-0.3, -0.25) is 4.79 Å². The lowest BCUT2D eigenvalue weighted by Crippen LogP contribution is -2.21. The van der Waals surface area contributed by atoms with Gasteiger partial charge in [-0.2, -0.15) is 0 Å². The summed E-state index contributed by atoms with van der Waals surface area (Å²) in [4.78, 5) is 35.2. The van der Waals surface area contributed by atoms with Crippen LogP contribution < -0.4 is 5.32 Å². The highest BCUT2D eigenvalue weighted by molar-refractivity contribution is 6.30. The van der Waals surface area contributed by atoms with Crippen molar-refractivity contribution in [3.05, 3.63) is 64.7 Å². The topological polar surface area (TPSA) is 81.7 Å². The Morgan fingerprint density at radius 1 is 1.00 bits per heavy atom. The first kappa shape index (κ1) is 17.5. The molecule has 0 aliphatic heterocycles. The van der Waals surface area contributed by atoms with E-state index in [9.17, 15) is 14.4 Å². The zero-order valence-electron chi connectivity index (χ0n) is 12.7. The van der Waals surface area contributed by atoms with Crippen LogP contribution in [0.3, 0.4) is 0 Å². The highest BCUT2D eigenvalue weighted by atomic mass is 35.5. The fourth-order valence-electron chi connectivity index (χ4n) is 1.87. The van der Waals surface area contributed by atoms with Gasteiger partial charge in [0.1, 0.15) is 0 Å². The second-order valence-electron chi connectivity index (χ2n) is 4.71. The molecular formula is C17H14ClNO5. The molecule has 24 heavy (non-hydrogen) atoms. The molecule has 7 heteroatoms. The van der Waals surface area contributed by atoms with E-state index < -0.39 is 24.5 Å². The van der Waals surface area contributed by atoms with Gasteiger partial charge in [0.15, 0.2) is 6.61 Å². The molecule has 0 atom stereocenters. The molecule has 0 aromatic heterocycles. The van der Waals surface area contributed by atoms with Gasteiger partial charge in [0.05, 0.1) is 18.2 Å². The quantitative estimate of drug-likeness (QED) is 0.841. The maximum absolute atomic E-state index is 11.9. The second kappa shape index (κ2) is 8.12. The molecular weight excluding hydrogens is 334 g/mol. The first-order chi connectivity index (χ1) is 11.5. The lowest BCUT2D eigenvalue weighted by Gasteiger charge is -2.07. The zero-order valence-corrected chi connectivity index (χ0v) is 13.5. The molecule has 0 aliphatic carbocycles. The first-order valence-electron chi connectivity index (χ1n) is 6.90. The Hall–Kier alpha value is -2.86. The molecule has 124 valence electrons. The molecule has 0 heterocycles. The van der Waals surface area contributed by atoms with Crippen LogP contribution in [-0.4, -0.2) is 31.6 Å². The number of anilines is 1.